The molecule has 0 radical (unpaired) electrons. The number of aryl methyl sites for hydroxylation is 1. The summed E-state index contributed by atoms with van der Waals surface area (Å²) in [6.45, 7) is 7.73. The third-order valence-electron chi connectivity index (χ3n) is 4.29. The van der Waals surface area contributed by atoms with Crippen LogP contribution in [0.3, 0.4) is 0 Å². The Kier molecular flexibility index (Phi) is 3.51. The van der Waals surface area contributed by atoms with Crippen molar-refractivity contribution in [1.29, 1.82) is 0 Å². The zero-order chi connectivity index (χ0) is 16.8. The zero-order valence-corrected chi connectivity index (χ0v) is 13.7. The van der Waals surface area contributed by atoms with Crippen molar-refractivity contribution in [2.45, 2.75) is 39.7 Å². The minimum absolute atomic E-state index is 0.0316. The number of aromatic amines is 1. The van der Waals surface area contributed by atoms with Gasteiger partial charge in [-0.05, 0) is 38.8 Å². The molecule has 5 heteroatoms. The van der Waals surface area contributed by atoms with Crippen LogP contribution in [0.1, 0.15) is 43.2 Å². The lowest BCUT2D eigenvalue weighted by atomic mass is 10.1. The van der Waals surface area contributed by atoms with Gasteiger partial charge in [-0.1, -0.05) is 25.1 Å². The molecule has 3 aromatic rings. The van der Waals surface area contributed by atoms with Crippen molar-refractivity contribution in [3.63, 3.8) is 0 Å². The molecular weight excluding hydrogens is 292 g/mol. The summed E-state index contributed by atoms with van der Waals surface area (Å²) < 4.78 is 6.03. The van der Waals surface area contributed by atoms with Crippen LogP contribution in [-0.4, -0.2) is 26.6 Å². The van der Waals surface area contributed by atoms with Gasteiger partial charge in [0.25, 0.3) is 0 Å². The molecule has 0 fully saturated rings. The van der Waals surface area contributed by atoms with Crippen LogP contribution in [0.5, 0.6) is 5.88 Å². The molecule has 2 N–H and O–H groups in total. The summed E-state index contributed by atoms with van der Waals surface area (Å²) in [6, 6.07) is 7.81. The van der Waals surface area contributed by atoms with Crippen molar-refractivity contribution in [1.82, 2.24) is 9.97 Å². The van der Waals surface area contributed by atoms with Gasteiger partial charge in [0.2, 0.25) is 5.88 Å². The van der Waals surface area contributed by atoms with Crippen LogP contribution in [0.25, 0.3) is 21.8 Å². The van der Waals surface area contributed by atoms with Crippen LogP contribution in [0.2, 0.25) is 0 Å². The van der Waals surface area contributed by atoms with E-state index in [1.165, 1.54) is 0 Å². The maximum Gasteiger partial charge on any atom is 0.354 e. The summed E-state index contributed by atoms with van der Waals surface area (Å²) in [4.78, 5) is 19.2. The molecule has 0 atom stereocenters. The van der Waals surface area contributed by atoms with E-state index in [-0.39, 0.29) is 5.69 Å². The predicted octanol–water partition coefficient (Wildman–Crippen LogP) is 4.29. The van der Waals surface area contributed by atoms with Crippen LogP contribution in [0.15, 0.2) is 24.3 Å². The second-order valence-electron chi connectivity index (χ2n) is 6.33. The lowest BCUT2D eigenvalue weighted by molar-refractivity contribution is 0.0681. The van der Waals surface area contributed by atoms with Crippen LogP contribution < -0.4 is 4.74 Å². The van der Waals surface area contributed by atoms with E-state index in [0.717, 1.165) is 28.2 Å². The number of benzene rings is 1. The maximum absolute atomic E-state index is 11.6. The molecule has 0 bridgehead atoms. The van der Waals surface area contributed by atoms with E-state index in [4.69, 9.17) is 4.74 Å². The first kappa shape index (κ1) is 15.3. The molecule has 2 aromatic heterocycles. The predicted molar refractivity (Wildman–Crippen MR) is 90.3 cm³/mol. The van der Waals surface area contributed by atoms with Gasteiger partial charge in [0, 0.05) is 16.3 Å². The van der Waals surface area contributed by atoms with E-state index in [2.05, 4.69) is 9.97 Å². The Morgan fingerprint density at radius 1 is 1.35 bits per heavy atom. The van der Waals surface area contributed by atoms with Gasteiger partial charge < -0.3 is 14.8 Å². The molecule has 23 heavy (non-hydrogen) atoms. The monoisotopic (exact) mass is 312 g/mol. The topological polar surface area (TPSA) is 75.2 Å². The van der Waals surface area contributed by atoms with Crippen molar-refractivity contribution in [2.24, 2.45) is 0 Å². The fraction of sp³-hybridized carbons (Fsp3) is 0.333. The smallest absolute Gasteiger partial charge is 0.354 e. The molecule has 0 spiro atoms. The molecule has 0 saturated carbocycles. The minimum Gasteiger partial charge on any atom is -0.476 e. The molecule has 1 aromatic carbocycles. The summed E-state index contributed by atoms with van der Waals surface area (Å²) in [7, 11) is 0. The normalized spacial score (nSPS) is 12.0. The molecule has 0 saturated heterocycles. The van der Waals surface area contributed by atoms with E-state index in [1.807, 2.05) is 45.0 Å². The van der Waals surface area contributed by atoms with E-state index in [1.54, 1.807) is 6.92 Å². The summed E-state index contributed by atoms with van der Waals surface area (Å²) in [5.41, 5.74) is 1.93. The maximum atomic E-state index is 11.6. The Morgan fingerprint density at radius 3 is 2.70 bits per heavy atom. The van der Waals surface area contributed by atoms with Gasteiger partial charge >= 0.3 is 5.97 Å². The number of carboxylic acids is 1. The highest BCUT2D eigenvalue weighted by molar-refractivity contribution is 6.12. The number of hydrogen-bond donors (Lipinski definition) is 2. The van der Waals surface area contributed by atoms with Gasteiger partial charge in [-0.2, -0.15) is 0 Å². The molecule has 3 rings (SSSR count). The summed E-state index contributed by atoms with van der Waals surface area (Å²) >= 11 is 0. The van der Waals surface area contributed by atoms with E-state index in [0.29, 0.717) is 11.4 Å². The van der Waals surface area contributed by atoms with E-state index >= 15 is 0 Å². The molecular formula is C18H20N2O3. The Hall–Kier alpha value is -2.56. The molecule has 0 aliphatic heterocycles. The Balaban J connectivity index is 2.39. The highest BCUT2D eigenvalue weighted by atomic mass is 16.5. The fourth-order valence-corrected chi connectivity index (χ4v) is 2.67. The van der Waals surface area contributed by atoms with Gasteiger partial charge in [-0.3, -0.25) is 0 Å². The Morgan fingerprint density at radius 2 is 2.04 bits per heavy atom. The first-order chi connectivity index (χ1) is 10.8. The Labute approximate surface area is 134 Å². The molecule has 0 unspecified atom stereocenters. The average Bonchev–Trinajstić information content (AvgIpc) is 2.90. The lowest BCUT2D eigenvalue weighted by Crippen LogP contribution is -2.27. The van der Waals surface area contributed by atoms with Gasteiger partial charge in [-0.25, -0.2) is 9.78 Å². The third kappa shape index (κ3) is 2.52. The number of rotatable bonds is 4. The number of aromatic carboxylic acids is 1. The number of carboxylic acid groups (broad SMARTS) is 1. The number of pyridine rings is 1. The van der Waals surface area contributed by atoms with Gasteiger partial charge in [0.15, 0.2) is 5.69 Å². The highest BCUT2D eigenvalue weighted by Gasteiger charge is 2.24. The summed E-state index contributed by atoms with van der Waals surface area (Å²) in [5, 5.41) is 11.3. The minimum atomic E-state index is -1.05. The number of para-hydroxylation sites is 1. The molecule has 0 aliphatic rings. The molecule has 0 aliphatic carbocycles. The first-order valence-corrected chi connectivity index (χ1v) is 7.67. The number of ether oxygens (including phenoxy) is 1. The largest absolute Gasteiger partial charge is 0.476 e. The number of fused-ring (bicyclic) bond motifs is 3. The number of nitrogens with one attached hydrogen (secondary N) is 1. The second-order valence-corrected chi connectivity index (χ2v) is 6.33. The number of nitrogens with zero attached hydrogens (tertiary/aromatic N) is 1. The molecule has 0 amide bonds. The highest BCUT2D eigenvalue weighted by Crippen LogP contribution is 2.36. The van der Waals surface area contributed by atoms with Gasteiger partial charge in [0.1, 0.15) is 11.1 Å². The van der Waals surface area contributed by atoms with Crippen molar-refractivity contribution < 1.29 is 14.6 Å². The average molecular weight is 312 g/mol. The van der Waals surface area contributed by atoms with Crippen LogP contribution in [0, 0.1) is 6.92 Å². The number of carbonyl (C=O) groups is 1. The fourth-order valence-electron chi connectivity index (χ4n) is 2.67. The second kappa shape index (κ2) is 5.26. The first-order valence-electron chi connectivity index (χ1n) is 7.67. The third-order valence-corrected chi connectivity index (χ3v) is 4.29. The van der Waals surface area contributed by atoms with Crippen LogP contribution in [0.4, 0.5) is 0 Å². The van der Waals surface area contributed by atoms with Crippen molar-refractivity contribution in [3.05, 3.63) is 35.5 Å². The molecule has 5 nitrogen and oxygen atoms in total. The van der Waals surface area contributed by atoms with Gasteiger partial charge in [-0.15, -0.1) is 0 Å². The van der Waals surface area contributed by atoms with Crippen molar-refractivity contribution >= 4 is 27.8 Å². The SMILES string of the molecule is CCC(C)(C)Oc1nc(C(=O)O)c(C)c2c1[nH]c1ccccc12. The van der Waals surface area contributed by atoms with E-state index in [9.17, 15) is 9.90 Å². The van der Waals surface area contributed by atoms with Crippen molar-refractivity contribution in [3.8, 4) is 5.88 Å². The number of hydrogen-bond acceptors (Lipinski definition) is 3. The van der Waals surface area contributed by atoms with Gasteiger partial charge in [0.05, 0.1) is 0 Å². The number of H-pyrrole nitrogens is 1. The quantitative estimate of drug-likeness (QED) is 0.753. The summed E-state index contributed by atoms with van der Waals surface area (Å²) in [5.74, 6) is -0.708. The molecule has 120 valence electrons. The summed E-state index contributed by atoms with van der Waals surface area (Å²) in [6.07, 6.45) is 0.784. The van der Waals surface area contributed by atoms with Crippen molar-refractivity contribution in [2.75, 3.05) is 0 Å². The van der Waals surface area contributed by atoms with Crippen LogP contribution in [-0.2, 0) is 0 Å². The van der Waals surface area contributed by atoms with Crippen LogP contribution >= 0.6 is 0 Å². The lowest BCUT2D eigenvalue weighted by Gasteiger charge is -2.24. The Bertz CT molecular complexity index is 909. The standard InChI is InChI=1S/C18H20N2O3/c1-5-18(3,4)23-16-15-13(10(2)14(20-16)17(21)22)11-8-6-7-9-12(11)19-15/h6-9,19H,5H2,1-4H3,(H,21,22). The molecule has 2 heterocycles. The number of aromatic nitrogens is 2. The van der Waals surface area contributed by atoms with E-state index < -0.39 is 11.6 Å². The zero-order valence-electron chi connectivity index (χ0n) is 13.7.